The third-order valence-corrected chi connectivity index (χ3v) is 7.75. The van der Waals surface area contributed by atoms with Crippen LogP contribution < -0.4 is 0 Å². The Hall–Kier alpha value is -3.56. The molecule has 0 N–H and O–H groups in total. The Morgan fingerprint density at radius 1 is 0.971 bits per heavy atom. The number of sulfone groups is 1. The van der Waals surface area contributed by atoms with E-state index in [9.17, 15) is 22.8 Å². The van der Waals surface area contributed by atoms with Gasteiger partial charge in [0, 0.05) is 41.7 Å². The Morgan fingerprint density at radius 2 is 1.68 bits per heavy atom. The van der Waals surface area contributed by atoms with Gasteiger partial charge in [-0.25, -0.2) is 13.2 Å². The molecule has 2 aromatic carbocycles. The van der Waals surface area contributed by atoms with Gasteiger partial charge >= 0.3 is 5.97 Å². The number of methoxy groups -OCH3 is 1. The Balaban J connectivity index is 1.54. The molecule has 9 heteroatoms. The van der Waals surface area contributed by atoms with Crippen molar-refractivity contribution in [3.05, 3.63) is 82.2 Å². The number of carbonyl (C=O) groups is 3. The first-order valence-corrected chi connectivity index (χ1v) is 12.0. The quantitative estimate of drug-likeness (QED) is 0.295. The Kier molecular flexibility index (Phi) is 6.24. The predicted molar refractivity (Wildman–Crippen MR) is 122 cm³/mol. The van der Waals surface area contributed by atoms with Gasteiger partial charge < -0.3 is 14.0 Å². The van der Waals surface area contributed by atoms with Crippen molar-refractivity contribution in [3.8, 4) is 0 Å². The summed E-state index contributed by atoms with van der Waals surface area (Å²) in [7, 11) is -2.39. The second-order valence-corrected chi connectivity index (χ2v) is 9.85. The van der Waals surface area contributed by atoms with Crippen LogP contribution in [0.15, 0.2) is 58.3 Å². The van der Waals surface area contributed by atoms with E-state index < -0.39 is 28.2 Å². The highest BCUT2D eigenvalue weighted by Crippen LogP contribution is 2.34. The molecular formula is C25H23NO7S. The summed E-state index contributed by atoms with van der Waals surface area (Å²) in [5, 5.41) is 0. The number of esters is 1. The van der Waals surface area contributed by atoms with E-state index in [-0.39, 0.29) is 32.3 Å². The monoisotopic (exact) mass is 481 g/mol. The molecule has 1 aliphatic rings. The van der Waals surface area contributed by atoms with Crippen molar-refractivity contribution in [3.63, 3.8) is 0 Å². The third kappa shape index (κ3) is 3.97. The third-order valence-electron chi connectivity index (χ3n) is 5.90. The van der Waals surface area contributed by atoms with Crippen molar-refractivity contribution >= 4 is 27.4 Å². The number of fused-ring (bicyclic) bond motifs is 2. The van der Waals surface area contributed by atoms with Gasteiger partial charge in [-0.1, -0.05) is 12.1 Å². The fraction of sp³-hybridized carbons (Fsp3) is 0.240. The van der Waals surface area contributed by atoms with Crippen molar-refractivity contribution in [2.24, 2.45) is 0 Å². The Morgan fingerprint density at radius 3 is 2.41 bits per heavy atom. The maximum atomic E-state index is 13.0. The molecule has 0 unspecified atom stereocenters. The highest BCUT2D eigenvalue weighted by atomic mass is 32.2. The van der Waals surface area contributed by atoms with Gasteiger partial charge in [-0.3, -0.25) is 9.59 Å². The van der Waals surface area contributed by atoms with Crippen LogP contribution in [0.3, 0.4) is 0 Å². The average molecular weight is 482 g/mol. The molecule has 1 aromatic heterocycles. The van der Waals surface area contributed by atoms with Crippen molar-refractivity contribution in [2.75, 3.05) is 20.3 Å². The molecule has 0 radical (unpaired) electrons. The number of benzene rings is 2. The molecule has 0 aliphatic carbocycles. The summed E-state index contributed by atoms with van der Waals surface area (Å²) in [4.78, 5) is 37.7. The molecule has 0 saturated heterocycles. The van der Waals surface area contributed by atoms with Crippen LogP contribution in [-0.2, 0) is 25.9 Å². The van der Waals surface area contributed by atoms with Crippen molar-refractivity contribution in [1.29, 1.82) is 0 Å². The lowest BCUT2D eigenvalue weighted by Crippen LogP contribution is -2.21. The number of hydrogen-bond donors (Lipinski definition) is 0. The SMILES string of the molecule is COCCn1c(C)cc(C(=O)COC(=O)c2ccc3c(c2)S(=O)(=O)c2ccccc2C3=O)c1C. The molecule has 4 rings (SSSR count). The lowest BCUT2D eigenvalue weighted by molar-refractivity contribution is 0.0474. The zero-order valence-electron chi connectivity index (χ0n) is 19.0. The Bertz CT molecular complexity index is 1430. The summed E-state index contributed by atoms with van der Waals surface area (Å²) in [6.45, 7) is 4.26. The number of ether oxygens (including phenoxy) is 2. The molecule has 0 fully saturated rings. The largest absolute Gasteiger partial charge is 0.454 e. The van der Waals surface area contributed by atoms with E-state index in [1.807, 2.05) is 11.5 Å². The number of hydrogen-bond acceptors (Lipinski definition) is 7. The summed E-state index contributed by atoms with van der Waals surface area (Å²) in [6, 6.07) is 11.4. The van der Waals surface area contributed by atoms with Gasteiger partial charge in [-0.05, 0) is 50.2 Å². The van der Waals surface area contributed by atoms with Crippen LogP contribution >= 0.6 is 0 Å². The minimum absolute atomic E-state index is 0.00479. The zero-order valence-corrected chi connectivity index (χ0v) is 19.8. The average Bonchev–Trinajstić information content (AvgIpc) is 3.12. The van der Waals surface area contributed by atoms with E-state index in [1.165, 1.54) is 30.3 Å². The fourth-order valence-electron chi connectivity index (χ4n) is 4.11. The Labute approximate surface area is 197 Å². The number of aromatic nitrogens is 1. The highest BCUT2D eigenvalue weighted by Gasteiger charge is 2.35. The lowest BCUT2D eigenvalue weighted by atomic mass is 10.0. The van der Waals surface area contributed by atoms with Crippen LogP contribution in [-0.4, -0.2) is 50.8 Å². The molecule has 8 nitrogen and oxygen atoms in total. The second-order valence-electron chi connectivity index (χ2n) is 7.97. The summed E-state index contributed by atoms with van der Waals surface area (Å²) < 4.78 is 38.3. The number of Topliss-reactive ketones (excluding diaryl/α,β-unsaturated/α-hetero) is 1. The predicted octanol–water partition coefficient (Wildman–Crippen LogP) is 3.17. The number of ketones is 2. The van der Waals surface area contributed by atoms with Crippen molar-refractivity contribution in [2.45, 2.75) is 30.2 Å². The molecule has 2 heterocycles. The molecule has 0 spiro atoms. The highest BCUT2D eigenvalue weighted by molar-refractivity contribution is 7.91. The van der Waals surface area contributed by atoms with Crippen LogP contribution in [0.4, 0.5) is 0 Å². The van der Waals surface area contributed by atoms with E-state index in [0.717, 1.165) is 17.5 Å². The van der Waals surface area contributed by atoms with E-state index in [2.05, 4.69) is 0 Å². The fourth-order valence-corrected chi connectivity index (χ4v) is 5.79. The first-order valence-electron chi connectivity index (χ1n) is 10.6. The van der Waals surface area contributed by atoms with Crippen LogP contribution in [0.25, 0.3) is 0 Å². The molecule has 176 valence electrons. The van der Waals surface area contributed by atoms with E-state index in [0.29, 0.717) is 18.7 Å². The van der Waals surface area contributed by atoms with Gasteiger partial charge in [0.05, 0.1) is 22.0 Å². The van der Waals surface area contributed by atoms with Gasteiger partial charge in [0.15, 0.2) is 12.4 Å². The van der Waals surface area contributed by atoms with Gasteiger partial charge in [-0.2, -0.15) is 0 Å². The molecule has 0 saturated carbocycles. The molecule has 0 atom stereocenters. The molecule has 34 heavy (non-hydrogen) atoms. The van der Waals surface area contributed by atoms with Crippen LogP contribution in [0, 0.1) is 13.8 Å². The second kappa shape index (κ2) is 9.00. The zero-order chi connectivity index (χ0) is 24.6. The van der Waals surface area contributed by atoms with Gasteiger partial charge in [0.25, 0.3) is 0 Å². The number of aryl methyl sites for hydroxylation is 1. The normalized spacial score (nSPS) is 13.8. The van der Waals surface area contributed by atoms with E-state index >= 15 is 0 Å². The van der Waals surface area contributed by atoms with Crippen molar-refractivity contribution in [1.82, 2.24) is 4.57 Å². The standard InChI is InChI=1S/C25H23NO7S/c1-15-12-20(16(2)26(15)10-11-32-3)21(27)14-33-25(29)17-8-9-19-23(13-17)34(30,31)22-7-5-4-6-18(22)24(19)28/h4-9,12-13H,10-11,14H2,1-3H3. The number of nitrogens with zero attached hydrogens (tertiary/aromatic N) is 1. The molecule has 0 bridgehead atoms. The maximum absolute atomic E-state index is 13.0. The number of rotatable bonds is 7. The molecule has 1 aliphatic heterocycles. The first-order chi connectivity index (χ1) is 16.2. The summed E-state index contributed by atoms with van der Waals surface area (Å²) in [5.74, 6) is -1.66. The minimum Gasteiger partial charge on any atom is -0.454 e. The lowest BCUT2D eigenvalue weighted by Gasteiger charge is -2.19. The van der Waals surface area contributed by atoms with Gasteiger partial charge in [0.2, 0.25) is 15.6 Å². The van der Waals surface area contributed by atoms with E-state index in [1.54, 1.807) is 26.2 Å². The van der Waals surface area contributed by atoms with Gasteiger partial charge in [-0.15, -0.1) is 0 Å². The minimum atomic E-state index is -3.99. The summed E-state index contributed by atoms with van der Waals surface area (Å²) >= 11 is 0. The smallest absolute Gasteiger partial charge is 0.338 e. The topological polar surface area (TPSA) is 109 Å². The van der Waals surface area contributed by atoms with Crippen LogP contribution in [0.1, 0.15) is 48.0 Å². The molecule has 3 aromatic rings. The summed E-state index contributed by atoms with van der Waals surface area (Å²) in [6.07, 6.45) is 0. The van der Waals surface area contributed by atoms with Crippen molar-refractivity contribution < 1.29 is 32.3 Å². The van der Waals surface area contributed by atoms with E-state index in [4.69, 9.17) is 9.47 Å². The van der Waals surface area contributed by atoms with Crippen LogP contribution in [0.2, 0.25) is 0 Å². The van der Waals surface area contributed by atoms with Gasteiger partial charge in [0.1, 0.15) is 0 Å². The molecule has 0 amide bonds. The number of carbonyl (C=O) groups excluding carboxylic acids is 3. The van der Waals surface area contributed by atoms with Crippen LogP contribution in [0.5, 0.6) is 0 Å². The molecular weight excluding hydrogens is 458 g/mol. The first kappa shape index (κ1) is 23.6. The maximum Gasteiger partial charge on any atom is 0.338 e. The summed E-state index contributed by atoms with van der Waals surface area (Å²) in [5.41, 5.74) is 2.10.